The van der Waals surface area contributed by atoms with Crippen molar-refractivity contribution < 1.29 is 10.0 Å². The summed E-state index contributed by atoms with van der Waals surface area (Å²) >= 11 is 1.19. The van der Waals surface area contributed by atoms with Gasteiger partial charge in [0, 0.05) is 10.8 Å². The van der Waals surface area contributed by atoms with E-state index in [-0.39, 0.29) is 17.1 Å². The molecule has 0 amide bonds. The normalized spacial score (nSPS) is 10.6. The number of aromatic hydroxyl groups is 1. The van der Waals surface area contributed by atoms with Gasteiger partial charge in [0.1, 0.15) is 5.75 Å². The summed E-state index contributed by atoms with van der Waals surface area (Å²) in [5.74, 6) is 0.0201. The summed E-state index contributed by atoms with van der Waals surface area (Å²) in [5, 5.41) is 21.6. The van der Waals surface area contributed by atoms with Gasteiger partial charge in [-0.3, -0.25) is 10.1 Å². The lowest BCUT2D eigenvalue weighted by Gasteiger charge is -1.97. The Morgan fingerprint density at radius 1 is 1.50 bits per heavy atom. The third kappa shape index (κ3) is 1.16. The van der Waals surface area contributed by atoms with E-state index in [1.165, 1.54) is 28.8 Å². The van der Waals surface area contributed by atoms with Crippen molar-refractivity contribution in [2.24, 2.45) is 0 Å². The largest absolute Gasteiger partial charge is 0.508 e. The van der Waals surface area contributed by atoms with Crippen molar-refractivity contribution in [1.29, 1.82) is 0 Å². The SMILES string of the molecule is Nc1cc(O)cc2scc([N+](=O)[O-])c12. The number of nitro groups is 1. The fourth-order valence-corrected chi connectivity index (χ4v) is 2.27. The second-order valence-electron chi connectivity index (χ2n) is 2.79. The van der Waals surface area contributed by atoms with Crippen molar-refractivity contribution in [1.82, 2.24) is 0 Å². The summed E-state index contributed by atoms with van der Waals surface area (Å²) in [4.78, 5) is 10.1. The Hall–Kier alpha value is -1.82. The smallest absolute Gasteiger partial charge is 0.289 e. The molecule has 0 aliphatic heterocycles. The number of phenolic OH excluding ortho intramolecular Hbond substituents is 1. The predicted octanol–water partition coefficient (Wildman–Crippen LogP) is 2.10. The lowest BCUT2D eigenvalue weighted by Crippen LogP contribution is -1.90. The molecule has 2 rings (SSSR count). The molecular formula is C8H6N2O3S. The second-order valence-corrected chi connectivity index (χ2v) is 3.70. The number of fused-ring (bicyclic) bond motifs is 1. The van der Waals surface area contributed by atoms with E-state index in [0.717, 1.165) is 0 Å². The third-order valence-corrected chi connectivity index (χ3v) is 2.78. The van der Waals surface area contributed by atoms with Gasteiger partial charge in [-0.1, -0.05) is 0 Å². The summed E-state index contributed by atoms with van der Waals surface area (Å²) in [7, 11) is 0. The van der Waals surface area contributed by atoms with E-state index < -0.39 is 4.92 Å². The maximum absolute atomic E-state index is 10.6. The first-order valence-corrected chi connectivity index (χ1v) is 4.61. The van der Waals surface area contributed by atoms with Gasteiger partial charge in [-0.15, -0.1) is 11.3 Å². The lowest BCUT2D eigenvalue weighted by atomic mass is 10.2. The number of hydrogen-bond acceptors (Lipinski definition) is 5. The van der Waals surface area contributed by atoms with Crippen LogP contribution in [0, 0.1) is 10.1 Å². The molecule has 0 saturated carbocycles. The molecule has 5 nitrogen and oxygen atoms in total. The number of thiophene rings is 1. The molecular weight excluding hydrogens is 204 g/mol. The molecule has 0 bridgehead atoms. The van der Waals surface area contributed by atoms with Crippen LogP contribution in [0.5, 0.6) is 5.75 Å². The van der Waals surface area contributed by atoms with Gasteiger partial charge in [-0.05, 0) is 6.07 Å². The molecule has 1 heterocycles. The van der Waals surface area contributed by atoms with Crippen molar-refractivity contribution in [2.75, 3.05) is 5.73 Å². The van der Waals surface area contributed by atoms with Crippen LogP contribution in [-0.4, -0.2) is 10.0 Å². The molecule has 0 fully saturated rings. The summed E-state index contributed by atoms with van der Waals surface area (Å²) < 4.78 is 0.620. The Bertz CT molecular complexity index is 521. The first kappa shape index (κ1) is 8.76. The van der Waals surface area contributed by atoms with Crippen LogP contribution in [0.1, 0.15) is 0 Å². The molecule has 14 heavy (non-hydrogen) atoms. The Morgan fingerprint density at radius 2 is 2.21 bits per heavy atom. The number of benzene rings is 1. The van der Waals surface area contributed by atoms with Gasteiger partial charge in [-0.25, -0.2) is 0 Å². The molecule has 0 unspecified atom stereocenters. The van der Waals surface area contributed by atoms with Crippen LogP contribution in [-0.2, 0) is 0 Å². The van der Waals surface area contributed by atoms with Crippen LogP contribution >= 0.6 is 11.3 Å². The van der Waals surface area contributed by atoms with Crippen molar-refractivity contribution >= 4 is 32.8 Å². The van der Waals surface area contributed by atoms with Gasteiger partial charge in [0.2, 0.25) is 0 Å². The molecule has 2 aromatic rings. The monoisotopic (exact) mass is 210 g/mol. The second kappa shape index (κ2) is 2.85. The number of phenols is 1. The van der Waals surface area contributed by atoms with Gasteiger partial charge in [0.15, 0.2) is 0 Å². The number of anilines is 1. The quantitative estimate of drug-likeness (QED) is 0.428. The fourth-order valence-electron chi connectivity index (χ4n) is 1.30. The van der Waals surface area contributed by atoms with E-state index in [2.05, 4.69) is 0 Å². The highest BCUT2D eigenvalue weighted by molar-refractivity contribution is 7.17. The number of nitrogens with two attached hydrogens (primary N) is 1. The zero-order valence-corrected chi connectivity index (χ0v) is 7.75. The summed E-state index contributed by atoms with van der Waals surface area (Å²) in [6.07, 6.45) is 0. The van der Waals surface area contributed by atoms with Crippen LogP contribution in [0.3, 0.4) is 0 Å². The van der Waals surface area contributed by atoms with Crippen LogP contribution in [0.25, 0.3) is 10.1 Å². The van der Waals surface area contributed by atoms with Gasteiger partial charge < -0.3 is 10.8 Å². The molecule has 6 heteroatoms. The summed E-state index contributed by atoms with van der Waals surface area (Å²) in [5.41, 5.74) is 5.80. The first-order chi connectivity index (χ1) is 6.59. The van der Waals surface area contributed by atoms with Gasteiger partial charge >= 0.3 is 0 Å². The van der Waals surface area contributed by atoms with E-state index >= 15 is 0 Å². The molecule has 0 spiro atoms. The van der Waals surface area contributed by atoms with E-state index in [4.69, 9.17) is 5.73 Å². The van der Waals surface area contributed by atoms with Gasteiger partial charge in [0.05, 0.1) is 21.4 Å². The van der Waals surface area contributed by atoms with Gasteiger partial charge in [0.25, 0.3) is 5.69 Å². The number of rotatable bonds is 1. The number of nitrogen functional groups attached to an aromatic ring is 1. The number of nitrogens with zero attached hydrogens (tertiary/aromatic N) is 1. The minimum atomic E-state index is -0.480. The standard InChI is InChI=1S/C8H6N2O3S/c9-5-1-4(11)2-7-8(5)6(3-14-7)10(12)13/h1-3,11H,9H2. The Balaban J connectivity index is 2.85. The maximum atomic E-state index is 10.6. The average molecular weight is 210 g/mol. The lowest BCUT2D eigenvalue weighted by molar-refractivity contribution is -0.382. The molecule has 72 valence electrons. The molecule has 0 aliphatic carbocycles. The Labute approximate surface area is 82.5 Å². The summed E-state index contributed by atoms with van der Waals surface area (Å²) in [6, 6.07) is 2.77. The van der Waals surface area contributed by atoms with Crippen LogP contribution in [0.15, 0.2) is 17.5 Å². The average Bonchev–Trinajstić information content (AvgIpc) is 2.47. The highest BCUT2D eigenvalue weighted by Crippen LogP contribution is 2.38. The van der Waals surface area contributed by atoms with Crippen LogP contribution < -0.4 is 5.73 Å². The van der Waals surface area contributed by atoms with Crippen molar-refractivity contribution in [3.63, 3.8) is 0 Å². The zero-order chi connectivity index (χ0) is 10.3. The van der Waals surface area contributed by atoms with E-state index in [1.54, 1.807) is 0 Å². The van der Waals surface area contributed by atoms with E-state index in [9.17, 15) is 15.2 Å². The Morgan fingerprint density at radius 3 is 2.86 bits per heavy atom. The molecule has 0 saturated heterocycles. The molecule has 0 aliphatic rings. The fraction of sp³-hybridized carbons (Fsp3) is 0. The molecule has 0 radical (unpaired) electrons. The minimum absolute atomic E-state index is 0.0116. The van der Waals surface area contributed by atoms with Crippen molar-refractivity contribution in [3.05, 3.63) is 27.6 Å². The zero-order valence-electron chi connectivity index (χ0n) is 6.93. The third-order valence-electron chi connectivity index (χ3n) is 1.87. The molecule has 1 aromatic heterocycles. The maximum Gasteiger partial charge on any atom is 0.289 e. The Kier molecular flexibility index (Phi) is 1.78. The minimum Gasteiger partial charge on any atom is -0.508 e. The van der Waals surface area contributed by atoms with Crippen molar-refractivity contribution in [2.45, 2.75) is 0 Å². The van der Waals surface area contributed by atoms with Crippen LogP contribution in [0.2, 0.25) is 0 Å². The predicted molar refractivity (Wildman–Crippen MR) is 54.6 cm³/mol. The van der Waals surface area contributed by atoms with E-state index in [0.29, 0.717) is 10.1 Å². The van der Waals surface area contributed by atoms with Gasteiger partial charge in [-0.2, -0.15) is 0 Å². The molecule has 0 atom stereocenters. The molecule has 3 N–H and O–H groups in total. The van der Waals surface area contributed by atoms with Crippen molar-refractivity contribution in [3.8, 4) is 5.75 Å². The number of hydrogen-bond donors (Lipinski definition) is 2. The van der Waals surface area contributed by atoms with E-state index in [1.807, 2.05) is 0 Å². The highest BCUT2D eigenvalue weighted by Gasteiger charge is 2.17. The topological polar surface area (TPSA) is 89.4 Å². The van der Waals surface area contributed by atoms with Crippen LogP contribution in [0.4, 0.5) is 11.4 Å². The highest BCUT2D eigenvalue weighted by atomic mass is 32.1. The summed E-state index contributed by atoms with van der Waals surface area (Å²) in [6.45, 7) is 0. The molecule has 1 aromatic carbocycles. The first-order valence-electron chi connectivity index (χ1n) is 3.73.